The van der Waals surface area contributed by atoms with Gasteiger partial charge in [0.05, 0.1) is 6.26 Å². The van der Waals surface area contributed by atoms with Gasteiger partial charge >= 0.3 is 0 Å². The summed E-state index contributed by atoms with van der Waals surface area (Å²) in [6.07, 6.45) is 3.05. The zero-order valence-corrected chi connectivity index (χ0v) is 8.55. The Labute approximate surface area is 79.3 Å². The van der Waals surface area contributed by atoms with Crippen LogP contribution in [-0.2, 0) is 6.54 Å². The fourth-order valence-electron chi connectivity index (χ4n) is 1.64. The third-order valence-corrected chi connectivity index (χ3v) is 3.02. The average Bonchev–Trinajstić information content (AvgIpc) is 2.47. The van der Waals surface area contributed by atoms with Crippen molar-refractivity contribution in [2.75, 3.05) is 0 Å². The van der Waals surface area contributed by atoms with Gasteiger partial charge in [0.1, 0.15) is 5.76 Å². The molecule has 0 saturated heterocycles. The van der Waals surface area contributed by atoms with Gasteiger partial charge in [0.25, 0.3) is 0 Å². The van der Waals surface area contributed by atoms with E-state index in [-0.39, 0.29) is 0 Å². The Bertz CT molecular complexity index is 301. The molecule has 1 aliphatic rings. The highest BCUT2D eigenvalue weighted by Gasteiger charge is 2.44. The fourth-order valence-corrected chi connectivity index (χ4v) is 1.64. The zero-order chi connectivity index (χ0) is 9.47. The summed E-state index contributed by atoms with van der Waals surface area (Å²) in [4.78, 5) is 0. The van der Waals surface area contributed by atoms with Crippen molar-refractivity contribution >= 4 is 0 Å². The van der Waals surface area contributed by atoms with Crippen molar-refractivity contribution < 1.29 is 4.42 Å². The van der Waals surface area contributed by atoms with Gasteiger partial charge < -0.3 is 9.73 Å². The zero-order valence-electron chi connectivity index (χ0n) is 8.55. The van der Waals surface area contributed by atoms with Crippen molar-refractivity contribution in [1.82, 2.24) is 5.32 Å². The molecule has 13 heavy (non-hydrogen) atoms. The first-order chi connectivity index (χ1) is 6.09. The standard InChI is InChI=1S/C11H17NO/c1-8-9(4-5-13-8)7-12-10-6-11(10,2)3/h4-5,10,12H,6-7H2,1-3H3. The molecule has 1 saturated carbocycles. The van der Waals surface area contributed by atoms with Crippen LogP contribution in [0.5, 0.6) is 0 Å². The second-order valence-corrected chi connectivity index (χ2v) is 4.63. The molecular formula is C11H17NO. The summed E-state index contributed by atoms with van der Waals surface area (Å²) in [5.74, 6) is 1.03. The van der Waals surface area contributed by atoms with Gasteiger partial charge in [-0.3, -0.25) is 0 Å². The SMILES string of the molecule is Cc1occc1CNC1CC1(C)C. The summed E-state index contributed by atoms with van der Waals surface area (Å²) in [5, 5.41) is 3.53. The maximum absolute atomic E-state index is 5.23. The summed E-state index contributed by atoms with van der Waals surface area (Å²) in [6.45, 7) is 7.55. The van der Waals surface area contributed by atoms with E-state index in [0.717, 1.165) is 12.3 Å². The second-order valence-electron chi connectivity index (χ2n) is 4.63. The number of hydrogen-bond donors (Lipinski definition) is 1. The molecule has 0 radical (unpaired) electrons. The molecule has 1 aliphatic carbocycles. The Morgan fingerprint density at radius 3 is 2.77 bits per heavy atom. The van der Waals surface area contributed by atoms with E-state index in [9.17, 15) is 0 Å². The molecule has 1 fully saturated rings. The molecule has 1 unspecified atom stereocenters. The van der Waals surface area contributed by atoms with Crippen LogP contribution in [0.1, 0.15) is 31.6 Å². The van der Waals surface area contributed by atoms with E-state index in [4.69, 9.17) is 4.42 Å². The Kier molecular flexibility index (Phi) is 1.95. The lowest BCUT2D eigenvalue weighted by Crippen LogP contribution is -2.19. The van der Waals surface area contributed by atoms with E-state index in [0.29, 0.717) is 11.5 Å². The Balaban J connectivity index is 1.85. The average molecular weight is 179 g/mol. The van der Waals surface area contributed by atoms with Crippen LogP contribution in [0, 0.1) is 12.3 Å². The maximum Gasteiger partial charge on any atom is 0.105 e. The maximum atomic E-state index is 5.23. The van der Waals surface area contributed by atoms with Crippen LogP contribution in [0.4, 0.5) is 0 Å². The van der Waals surface area contributed by atoms with Crippen LogP contribution < -0.4 is 5.32 Å². The summed E-state index contributed by atoms with van der Waals surface area (Å²) >= 11 is 0. The molecule has 0 bridgehead atoms. The lowest BCUT2D eigenvalue weighted by Gasteiger charge is -2.05. The molecule has 1 N–H and O–H groups in total. The number of hydrogen-bond acceptors (Lipinski definition) is 2. The van der Waals surface area contributed by atoms with E-state index in [1.807, 2.05) is 13.0 Å². The predicted octanol–water partition coefficient (Wildman–Crippen LogP) is 2.48. The van der Waals surface area contributed by atoms with Crippen molar-refractivity contribution in [2.24, 2.45) is 5.41 Å². The van der Waals surface area contributed by atoms with Crippen LogP contribution in [-0.4, -0.2) is 6.04 Å². The first-order valence-electron chi connectivity index (χ1n) is 4.86. The number of aryl methyl sites for hydroxylation is 1. The fraction of sp³-hybridized carbons (Fsp3) is 0.636. The van der Waals surface area contributed by atoms with Gasteiger partial charge in [0.2, 0.25) is 0 Å². The molecule has 0 spiro atoms. The van der Waals surface area contributed by atoms with Crippen LogP contribution in [0.15, 0.2) is 16.7 Å². The Morgan fingerprint density at radius 2 is 2.31 bits per heavy atom. The highest BCUT2D eigenvalue weighted by atomic mass is 16.3. The van der Waals surface area contributed by atoms with Gasteiger partial charge in [-0.05, 0) is 24.8 Å². The minimum atomic E-state index is 0.512. The molecule has 2 rings (SSSR count). The first kappa shape index (κ1) is 8.82. The molecule has 0 aromatic carbocycles. The largest absolute Gasteiger partial charge is 0.469 e. The number of furan rings is 1. The quantitative estimate of drug-likeness (QED) is 0.771. The van der Waals surface area contributed by atoms with Crippen LogP contribution in [0.3, 0.4) is 0 Å². The molecule has 72 valence electrons. The molecule has 1 aromatic heterocycles. The van der Waals surface area contributed by atoms with Crippen LogP contribution >= 0.6 is 0 Å². The van der Waals surface area contributed by atoms with Crippen molar-refractivity contribution in [3.63, 3.8) is 0 Å². The van der Waals surface area contributed by atoms with Crippen LogP contribution in [0.25, 0.3) is 0 Å². The van der Waals surface area contributed by atoms with Crippen LogP contribution in [0.2, 0.25) is 0 Å². The minimum Gasteiger partial charge on any atom is -0.469 e. The molecule has 0 aliphatic heterocycles. The van der Waals surface area contributed by atoms with Crippen molar-refractivity contribution in [3.05, 3.63) is 23.7 Å². The van der Waals surface area contributed by atoms with Crippen molar-refractivity contribution in [3.8, 4) is 0 Å². The summed E-state index contributed by atoms with van der Waals surface area (Å²) in [5.41, 5.74) is 1.79. The van der Waals surface area contributed by atoms with E-state index in [2.05, 4.69) is 19.2 Å². The second kappa shape index (κ2) is 2.88. The highest BCUT2D eigenvalue weighted by Crippen LogP contribution is 2.44. The lowest BCUT2D eigenvalue weighted by atomic mass is 10.2. The van der Waals surface area contributed by atoms with E-state index >= 15 is 0 Å². The van der Waals surface area contributed by atoms with E-state index < -0.39 is 0 Å². The molecular weight excluding hydrogens is 162 g/mol. The lowest BCUT2D eigenvalue weighted by molar-refractivity contribution is 0.515. The Hall–Kier alpha value is -0.760. The van der Waals surface area contributed by atoms with Gasteiger partial charge in [0, 0.05) is 18.2 Å². The van der Waals surface area contributed by atoms with Gasteiger partial charge in [-0.2, -0.15) is 0 Å². The molecule has 2 nitrogen and oxygen atoms in total. The smallest absolute Gasteiger partial charge is 0.105 e. The van der Waals surface area contributed by atoms with E-state index in [1.54, 1.807) is 6.26 Å². The normalized spacial score (nSPS) is 24.7. The highest BCUT2D eigenvalue weighted by molar-refractivity contribution is 5.16. The third kappa shape index (κ3) is 1.78. The first-order valence-corrected chi connectivity index (χ1v) is 4.86. The van der Waals surface area contributed by atoms with Crippen molar-refractivity contribution in [1.29, 1.82) is 0 Å². The van der Waals surface area contributed by atoms with E-state index in [1.165, 1.54) is 12.0 Å². The summed E-state index contributed by atoms with van der Waals surface area (Å²) in [6, 6.07) is 2.74. The molecule has 2 heteroatoms. The molecule has 1 heterocycles. The van der Waals surface area contributed by atoms with Gasteiger partial charge in [-0.25, -0.2) is 0 Å². The van der Waals surface area contributed by atoms with Gasteiger partial charge in [-0.1, -0.05) is 13.8 Å². The van der Waals surface area contributed by atoms with Crippen molar-refractivity contribution in [2.45, 2.75) is 39.8 Å². The predicted molar refractivity (Wildman–Crippen MR) is 52.5 cm³/mol. The number of nitrogens with one attached hydrogen (secondary N) is 1. The minimum absolute atomic E-state index is 0.512. The van der Waals surface area contributed by atoms with Gasteiger partial charge in [0.15, 0.2) is 0 Å². The molecule has 0 amide bonds. The molecule has 1 aromatic rings. The molecule has 1 atom stereocenters. The summed E-state index contributed by atoms with van der Waals surface area (Å²) in [7, 11) is 0. The number of rotatable bonds is 3. The summed E-state index contributed by atoms with van der Waals surface area (Å²) < 4.78 is 5.23. The van der Waals surface area contributed by atoms with Gasteiger partial charge in [-0.15, -0.1) is 0 Å². The third-order valence-electron chi connectivity index (χ3n) is 3.02. The topological polar surface area (TPSA) is 25.2 Å². The monoisotopic (exact) mass is 179 g/mol. The Morgan fingerprint density at radius 1 is 1.62 bits per heavy atom.